The predicted molar refractivity (Wildman–Crippen MR) is 123 cm³/mol. The van der Waals surface area contributed by atoms with E-state index in [-0.39, 0.29) is 11.7 Å². The van der Waals surface area contributed by atoms with E-state index in [0.29, 0.717) is 5.92 Å². The standard InChI is InChI=1S/C22H25BrN4OS/c1-14(2)12-27-21(17-8-6-5-7-9-17)25-26-22(27)29-13-19(28)24-20-15(3)10-18(23)11-16(20)4/h5-11,14H,12-13H2,1-4H3,(H,24,28). The zero-order chi connectivity index (χ0) is 21.0. The maximum Gasteiger partial charge on any atom is 0.234 e. The van der Waals surface area contributed by atoms with Crippen molar-refractivity contribution >= 4 is 39.3 Å². The van der Waals surface area contributed by atoms with Gasteiger partial charge < -0.3 is 9.88 Å². The van der Waals surface area contributed by atoms with Crippen LogP contribution in [0.4, 0.5) is 5.69 Å². The number of hydrogen-bond donors (Lipinski definition) is 1. The van der Waals surface area contributed by atoms with E-state index in [1.165, 1.54) is 11.8 Å². The molecule has 152 valence electrons. The highest BCUT2D eigenvalue weighted by atomic mass is 79.9. The Morgan fingerprint density at radius 2 is 1.79 bits per heavy atom. The number of hydrogen-bond acceptors (Lipinski definition) is 4. The number of rotatable bonds is 7. The highest BCUT2D eigenvalue weighted by molar-refractivity contribution is 9.10. The number of carbonyl (C=O) groups is 1. The number of aromatic nitrogens is 3. The Labute approximate surface area is 184 Å². The maximum atomic E-state index is 12.6. The third-order valence-corrected chi connectivity index (χ3v) is 5.82. The van der Waals surface area contributed by atoms with Crippen molar-refractivity contribution in [2.75, 3.05) is 11.1 Å². The smallest absolute Gasteiger partial charge is 0.234 e. The highest BCUT2D eigenvalue weighted by Crippen LogP contribution is 2.27. The summed E-state index contributed by atoms with van der Waals surface area (Å²) in [4.78, 5) is 12.6. The topological polar surface area (TPSA) is 59.8 Å². The van der Waals surface area contributed by atoms with Crippen LogP contribution in [-0.4, -0.2) is 26.4 Å². The predicted octanol–water partition coefficient (Wildman–Crippen LogP) is 5.71. The number of nitrogens with zero attached hydrogens (tertiary/aromatic N) is 3. The molecule has 0 bridgehead atoms. The lowest BCUT2D eigenvalue weighted by Crippen LogP contribution is -2.16. The van der Waals surface area contributed by atoms with Crippen LogP contribution in [0.1, 0.15) is 25.0 Å². The van der Waals surface area contributed by atoms with E-state index in [9.17, 15) is 4.79 Å². The molecule has 1 aromatic heterocycles. The molecule has 5 nitrogen and oxygen atoms in total. The summed E-state index contributed by atoms with van der Waals surface area (Å²) in [6, 6.07) is 14.0. The van der Waals surface area contributed by atoms with E-state index >= 15 is 0 Å². The Bertz CT molecular complexity index is 978. The van der Waals surface area contributed by atoms with Crippen LogP contribution in [0.2, 0.25) is 0 Å². The third-order valence-electron chi connectivity index (χ3n) is 4.39. The summed E-state index contributed by atoms with van der Waals surface area (Å²) in [6.07, 6.45) is 0. The summed E-state index contributed by atoms with van der Waals surface area (Å²) in [6.45, 7) is 9.11. The second kappa shape index (κ2) is 9.59. The van der Waals surface area contributed by atoms with E-state index in [4.69, 9.17) is 0 Å². The van der Waals surface area contributed by atoms with Crippen LogP contribution in [0.3, 0.4) is 0 Å². The van der Waals surface area contributed by atoms with Gasteiger partial charge in [0, 0.05) is 22.3 Å². The quantitative estimate of drug-likeness (QED) is 0.447. The van der Waals surface area contributed by atoms with Crippen molar-refractivity contribution in [2.45, 2.75) is 39.4 Å². The summed E-state index contributed by atoms with van der Waals surface area (Å²) < 4.78 is 3.11. The molecule has 0 atom stereocenters. The van der Waals surface area contributed by atoms with Gasteiger partial charge in [0.2, 0.25) is 5.91 Å². The van der Waals surface area contributed by atoms with E-state index in [1.807, 2.05) is 56.3 Å². The molecule has 7 heteroatoms. The van der Waals surface area contributed by atoms with Crippen molar-refractivity contribution in [1.82, 2.24) is 14.8 Å². The van der Waals surface area contributed by atoms with Crippen LogP contribution in [0, 0.1) is 19.8 Å². The maximum absolute atomic E-state index is 12.6. The molecule has 0 saturated heterocycles. The Kier molecular flexibility index (Phi) is 7.14. The fourth-order valence-corrected chi connectivity index (χ4v) is 4.57. The summed E-state index contributed by atoms with van der Waals surface area (Å²) >= 11 is 4.90. The Morgan fingerprint density at radius 3 is 2.41 bits per heavy atom. The normalized spacial score (nSPS) is 11.1. The molecule has 0 spiro atoms. The van der Waals surface area contributed by atoms with Gasteiger partial charge in [0.05, 0.1) is 5.75 Å². The van der Waals surface area contributed by atoms with Gasteiger partial charge in [-0.2, -0.15) is 0 Å². The summed E-state index contributed by atoms with van der Waals surface area (Å²) in [5.41, 5.74) is 3.96. The number of anilines is 1. The van der Waals surface area contributed by atoms with Crippen molar-refractivity contribution in [3.8, 4) is 11.4 Å². The first-order valence-electron chi connectivity index (χ1n) is 9.53. The van der Waals surface area contributed by atoms with Gasteiger partial charge in [-0.1, -0.05) is 71.9 Å². The van der Waals surface area contributed by atoms with Crippen LogP contribution in [-0.2, 0) is 11.3 Å². The number of amides is 1. The largest absolute Gasteiger partial charge is 0.325 e. The second-order valence-electron chi connectivity index (χ2n) is 7.43. The molecular weight excluding hydrogens is 448 g/mol. The molecule has 1 heterocycles. The second-order valence-corrected chi connectivity index (χ2v) is 9.29. The molecule has 3 aromatic rings. The number of halogens is 1. The van der Waals surface area contributed by atoms with Crippen molar-refractivity contribution in [3.63, 3.8) is 0 Å². The zero-order valence-electron chi connectivity index (χ0n) is 17.1. The van der Waals surface area contributed by atoms with Gasteiger partial charge >= 0.3 is 0 Å². The van der Waals surface area contributed by atoms with Crippen LogP contribution < -0.4 is 5.32 Å². The monoisotopic (exact) mass is 472 g/mol. The first-order chi connectivity index (χ1) is 13.8. The lowest BCUT2D eigenvalue weighted by Gasteiger charge is -2.14. The number of aryl methyl sites for hydroxylation is 2. The van der Waals surface area contributed by atoms with Crippen molar-refractivity contribution in [2.24, 2.45) is 5.92 Å². The fourth-order valence-electron chi connectivity index (χ4n) is 3.14. The summed E-state index contributed by atoms with van der Waals surface area (Å²) in [5.74, 6) is 1.50. The van der Waals surface area contributed by atoms with Crippen molar-refractivity contribution in [1.29, 1.82) is 0 Å². The van der Waals surface area contributed by atoms with E-state index in [2.05, 4.69) is 49.9 Å². The minimum Gasteiger partial charge on any atom is -0.325 e. The molecule has 0 radical (unpaired) electrons. The fraction of sp³-hybridized carbons (Fsp3) is 0.318. The van der Waals surface area contributed by atoms with Crippen LogP contribution in [0.15, 0.2) is 52.1 Å². The molecule has 0 saturated carbocycles. The van der Waals surface area contributed by atoms with E-state index < -0.39 is 0 Å². The Balaban J connectivity index is 1.75. The van der Waals surface area contributed by atoms with Crippen LogP contribution >= 0.6 is 27.7 Å². The van der Waals surface area contributed by atoms with Gasteiger partial charge in [-0.15, -0.1) is 10.2 Å². The number of nitrogens with one attached hydrogen (secondary N) is 1. The van der Waals surface area contributed by atoms with Gasteiger partial charge in [0.25, 0.3) is 0 Å². The van der Waals surface area contributed by atoms with Crippen LogP contribution in [0.25, 0.3) is 11.4 Å². The third kappa shape index (κ3) is 5.48. The van der Waals surface area contributed by atoms with E-state index in [1.54, 1.807) is 0 Å². The lowest BCUT2D eigenvalue weighted by molar-refractivity contribution is -0.113. The molecule has 0 unspecified atom stereocenters. The average Bonchev–Trinajstić information content (AvgIpc) is 3.05. The zero-order valence-corrected chi connectivity index (χ0v) is 19.5. The minimum atomic E-state index is -0.0520. The Morgan fingerprint density at radius 1 is 1.14 bits per heavy atom. The van der Waals surface area contributed by atoms with Gasteiger partial charge in [-0.05, 0) is 43.0 Å². The van der Waals surface area contributed by atoms with E-state index in [0.717, 1.165) is 44.4 Å². The molecule has 0 aliphatic heterocycles. The lowest BCUT2D eigenvalue weighted by atomic mass is 10.1. The minimum absolute atomic E-state index is 0.0520. The SMILES string of the molecule is Cc1cc(Br)cc(C)c1NC(=O)CSc1nnc(-c2ccccc2)n1CC(C)C. The first-order valence-corrected chi connectivity index (χ1v) is 11.3. The number of benzene rings is 2. The molecule has 3 rings (SSSR count). The van der Waals surface area contributed by atoms with Crippen molar-refractivity contribution < 1.29 is 4.79 Å². The number of thioether (sulfide) groups is 1. The number of carbonyl (C=O) groups excluding carboxylic acids is 1. The molecule has 0 fully saturated rings. The Hall–Kier alpha value is -2.12. The van der Waals surface area contributed by atoms with Gasteiger partial charge in [0.15, 0.2) is 11.0 Å². The molecule has 29 heavy (non-hydrogen) atoms. The molecule has 2 aromatic carbocycles. The summed E-state index contributed by atoms with van der Waals surface area (Å²) in [7, 11) is 0. The molecule has 0 aliphatic rings. The summed E-state index contributed by atoms with van der Waals surface area (Å²) in [5, 5.41) is 12.6. The van der Waals surface area contributed by atoms with Gasteiger partial charge in [-0.25, -0.2) is 0 Å². The average molecular weight is 473 g/mol. The molecule has 1 amide bonds. The van der Waals surface area contributed by atoms with Gasteiger partial charge in [-0.3, -0.25) is 4.79 Å². The van der Waals surface area contributed by atoms with Gasteiger partial charge in [0.1, 0.15) is 0 Å². The molecule has 0 aliphatic carbocycles. The highest BCUT2D eigenvalue weighted by Gasteiger charge is 2.17. The van der Waals surface area contributed by atoms with Crippen molar-refractivity contribution in [3.05, 3.63) is 58.1 Å². The first kappa shape index (κ1) is 21.6. The molecule has 1 N–H and O–H groups in total. The molecular formula is C22H25BrN4OS. The van der Waals surface area contributed by atoms with Crippen LogP contribution in [0.5, 0.6) is 0 Å².